The molecule has 0 fully saturated rings. The summed E-state index contributed by atoms with van der Waals surface area (Å²) in [4.78, 5) is 24.1. The number of benzene rings is 3. The average Bonchev–Trinajstić information content (AvgIpc) is 3.33. The van der Waals surface area contributed by atoms with E-state index in [-0.39, 0.29) is 5.13 Å². The molecule has 0 unspecified atom stereocenters. The Balaban J connectivity index is 1.24. The highest BCUT2D eigenvalue weighted by atomic mass is 35.5. The van der Waals surface area contributed by atoms with Crippen molar-refractivity contribution < 1.29 is 14.3 Å². The Morgan fingerprint density at radius 3 is 2.41 bits per heavy atom. The SMILES string of the molecule is O=C(N/N=C\c1ccc(OCc2ccc(Cl)cc2)cc1)C(=O)Nc1nnc(-c2ccccc2)s1. The molecule has 0 aliphatic rings. The maximum Gasteiger partial charge on any atom is 0.329 e. The highest BCUT2D eigenvalue weighted by molar-refractivity contribution is 7.18. The third-order valence-electron chi connectivity index (χ3n) is 4.45. The van der Waals surface area contributed by atoms with Crippen LogP contribution < -0.4 is 15.5 Å². The molecule has 0 atom stereocenters. The van der Waals surface area contributed by atoms with E-state index in [0.717, 1.165) is 16.7 Å². The molecule has 2 amide bonds. The van der Waals surface area contributed by atoms with Gasteiger partial charge in [0.15, 0.2) is 0 Å². The maximum atomic E-state index is 12.1. The molecule has 0 radical (unpaired) electrons. The Morgan fingerprint density at radius 1 is 0.941 bits per heavy atom. The Morgan fingerprint density at radius 2 is 1.68 bits per heavy atom. The molecule has 2 N–H and O–H groups in total. The second kappa shape index (κ2) is 11.2. The van der Waals surface area contributed by atoms with Crippen LogP contribution >= 0.6 is 22.9 Å². The van der Waals surface area contributed by atoms with Crippen molar-refractivity contribution in [3.05, 3.63) is 95.0 Å². The summed E-state index contributed by atoms with van der Waals surface area (Å²) in [6.07, 6.45) is 1.42. The quantitative estimate of drug-likeness (QED) is 0.224. The smallest absolute Gasteiger partial charge is 0.329 e. The van der Waals surface area contributed by atoms with Gasteiger partial charge in [0.2, 0.25) is 5.13 Å². The summed E-state index contributed by atoms with van der Waals surface area (Å²) >= 11 is 7.04. The van der Waals surface area contributed by atoms with Gasteiger partial charge in [0.25, 0.3) is 0 Å². The van der Waals surface area contributed by atoms with Gasteiger partial charge < -0.3 is 4.74 Å². The largest absolute Gasteiger partial charge is 0.489 e. The summed E-state index contributed by atoms with van der Waals surface area (Å²) in [7, 11) is 0. The van der Waals surface area contributed by atoms with Gasteiger partial charge in [0.05, 0.1) is 6.21 Å². The monoisotopic (exact) mass is 491 g/mol. The predicted octanol–water partition coefficient (Wildman–Crippen LogP) is 4.53. The van der Waals surface area contributed by atoms with Crippen molar-refractivity contribution >= 4 is 46.1 Å². The van der Waals surface area contributed by atoms with Crippen LogP contribution in [0, 0.1) is 0 Å². The molecular weight excluding hydrogens is 474 g/mol. The molecule has 0 spiro atoms. The second-order valence-electron chi connectivity index (χ2n) is 6.92. The van der Waals surface area contributed by atoms with Gasteiger partial charge in [0.1, 0.15) is 17.4 Å². The minimum absolute atomic E-state index is 0.220. The van der Waals surface area contributed by atoms with Gasteiger partial charge in [-0.3, -0.25) is 14.9 Å². The molecule has 4 rings (SSSR count). The highest BCUT2D eigenvalue weighted by Crippen LogP contribution is 2.25. The van der Waals surface area contributed by atoms with Crippen LogP contribution in [-0.2, 0) is 16.2 Å². The number of nitrogens with one attached hydrogen (secondary N) is 2. The van der Waals surface area contributed by atoms with E-state index in [9.17, 15) is 9.59 Å². The number of carbonyl (C=O) groups is 2. The lowest BCUT2D eigenvalue weighted by atomic mass is 10.2. The van der Waals surface area contributed by atoms with E-state index < -0.39 is 11.8 Å². The first-order valence-corrected chi connectivity index (χ1v) is 11.3. The zero-order valence-electron chi connectivity index (χ0n) is 17.6. The molecule has 1 aromatic heterocycles. The summed E-state index contributed by atoms with van der Waals surface area (Å²) in [5.41, 5.74) is 4.78. The summed E-state index contributed by atoms with van der Waals surface area (Å²) in [5.74, 6) is -1.13. The van der Waals surface area contributed by atoms with E-state index in [0.29, 0.717) is 22.4 Å². The lowest BCUT2D eigenvalue weighted by molar-refractivity contribution is -0.136. The Kier molecular flexibility index (Phi) is 7.59. The van der Waals surface area contributed by atoms with Gasteiger partial charge in [-0.15, -0.1) is 10.2 Å². The van der Waals surface area contributed by atoms with Crippen LogP contribution in [0.25, 0.3) is 10.6 Å². The molecule has 0 aliphatic heterocycles. The van der Waals surface area contributed by atoms with Crippen molar-refractivity contribution in [2.75, 3.05) is 5.32 Å². The van der Waals surface area contributed by atoms with Gasteiger partial charge in [-0.05, 0) is 47.5 Å². The van der Waals surface area contributed by atoms with Crippen LogP contribution in [0.1, 0.15) is 11.1 Å². The molecule has 0 saturated carbocycles. The number of rotatable bonds is 7. The van der Waals surface area contributed by atoms with E-state index >= 15 is 0 Å². The molecule has 1 heterocycles. The summed E-state index contributed by atoms with van der Waals surface area (Å²) in [6, 6.07) is 23.9. The second-order valence-corrected chi connectivity index (χ2v) is 8.33. The number of aromatic nitrogens is 2. The number of ether oxygens (including phenoxy) is 1. The van der Waals surface area contributed by atoms with Crippen molar-refractivity contribution in [3.63, 3.8) is 0 Å². The molecule has 10 heteroatoms. The van der Waals surface area contributed by atoms with Gasteiger partial charge in [0, 0.05) is 10.6 Å². The van der Waals surface area contributed by atoms with Gasteiger partial charge in [-0.1, -0.05) is 65.4 Å². The lowest BCUT2D eigenvalue weighted by Crippen LogP contribution is -2.32. The number of hydrogen-bond donors (Lipinski definition) is 2. The zero-order chi connectivity index (χ0) is 23.8. The van der Waals surface area contributed by atoms with E-state index in [1.807, 2.05) is 54.6 Å². The average molecular weight is 492 g/mol. The Bertz CT molecular complexity index is 1290. The first-order chi connectivity index (χ1) is 16.6. The minimum atomic E-state index is -0.921. The Hall–Kier alpha value is -4.08. The van der Waals surface area contributed by atoms with Crippen molar-refractivity contribution in [3.8, 4) is 16.3 Å². The van der Waals surface area contributed by atoms with Gasteiger partial charge >= 0.3 is 11.8 Å². The predicted molar refractivity (Wildman–Crippen MR) is 132 cm³/mol. The van der Waals surface area contributed by atoms with E-state index in [1.54, 1.807) is 24.3 Å². The third kappa shape index (κ3) is 6.47. The molecule has 4 aromatic rings. The molecular formula is C24H18ClN5O3S. The first kappa shape index (κ1) is 23.1. The van der Waals surface area contributed by atoms with Crippen molar-refractivity contribution in [1.29, 1.82) is 0 Å². The van der Waals surface area contributed by atoms with E-state index in [1.165, 1.54) is 17.6 Å². The molecule has 3 aromatic carbocycles. The van der Waals surface area contributed by atoms with Crippen LogP contribution in [0.2, 0.25) is 5.02 Å². The molecule has 0 aliphatic carbocycles. The van der Waals surface area contributed by atoms with Crippen molar-refractivity contribution in [2.24, 2.45) is 5.10 Å². The normalized spacial score (nSPS) is 10.7. The highest BCUT2D eigenvalue weighted by Gasteiger charge is 2.16. The van der Waals surface area contributed by atoms with Crippen molar-refractivity contribution in [2.45, 2.75) is 6.61 Å². The van der Waals surface area contributed by atoms with Crippen LogP contribution in [0.3, 0.4) is 0 Å². The molecule has 34 heavy (non-hydrogen) atoms. The number of amides is 2. The third-order valence-corrected chi connectivity index (χ3v) is 5.59. The Labute approximate surface area is 204 Å². The fourth-order valence-electron chi connectivity index (χ4n) is 2.74. The topological polar surface area (TPSA) is 106 Å². The van der Waals surface area contributed by atoms with Crippen molar-refractivity contribution in [1.82, 2.24) is 15.6 Å². The molecule has 8 nitrogen and oxygen atoms in total. The van der Waals surface area contributed by atoms with Crippen LogP contribution in [0.4, 0.5) is 5.13 Å². The number of hydrazone groups is 1. The minimum Gasteiger partial charge on any atom is -0.489 e. The first-order valence-electron chi connectivity index (χ1n) is 10.1. The summed E-state index contributed by atoms with van der Waals surface area (Å²) in [6.45, 7) is 0.414. The number of halogens is 1. The van der Waals surface area contributed by atoms with Crippen LogP contribution in [0.15, 0.2) is 84.0 Å². The summed E-state index contributed by atoms with van der Waals surface area (Å²) < 4.78 is 5.73. The van der Waals surface area contributed by atoms with Gasteiger partial charge in [-0.25, -0.2) is 5.43 Å². The van der Waals surface area contributed by atoms with E-state index in [4.69, 9.17) is 16.3 Å². The fraction of sp³-hybridized carbons (Fsp3) is 0.0417. The van der Waals surface area contributed by atoms with Gasteiger partial charge in [-0.2, -0.15) is 5.10 Å². The number of anilines is 1. The van der Waals surface area contributed by atoms with Crippen LogP contribution in [-0.4, -0.2) is 28.2 Å². The zero-order valence-corrected chi connectivity index (χ0v) is 19.2. The molecule has 0 bridgehead atoms. The standard InChI is InChI=1S/C24H18ClN5O3S/c25-19-10-6-17(7-11-19)15-33-20-12-8-16(9-13-20)14-26-28-22(32)21(31)27-24-30-29-23(34-24)18-4-2-1-3-5-18/h1-14H,15H2,(H,28,32)(H,27,30,31)/b26-14-. The molecule has 170 valence electrons. The number of hydrogen-bond acceptors (Lipinski definition) is 7. The number of carbonyl (C=O) groups excluding carboxylic acids is 2. The summed E-state index contributed by atoms with van der Waals surface area (Å²) in [5, 5.41) is 15.7. The lowest BCUT2D eigenvalue weighted by Gasteiger charge is -2.06. The number of nitrogens with zero attached hydrogens (tertiary/aromatic N) is 3. The van der Waals surface area contributed by atoms with Crippen LogP contribution in [0.5, 0.6) is 5.75 Å². The van der Waals surface area contributed by atoms with E-state index in [2.05, 4.69) is 26.0 Å². The molecule has 0 saturated heterocycles. The maximum absolute atomic E-state index is 12.1. The fourth-order valence-corrected chi connectivity index (χ4v) is 3.61.